The first-order chi connectivity index (χ1) is 6.15. The van der Waals surface area contributed by atoms with Crippen LogP contribution in [0.3, 0.4) is 0 Å². The minimum Gasteiger partial charge on any atom is -0.410 e. The number of oxime groups is 1. The van der Waals surface area contributed by atoms with Crippen molar-refractivity contribution in [1.29, 1.82) is 0 Å². The Balaban J connectivity index is 3.07. The average molecular weight is 181 g/mol. The number of rotatable bonds is 2. The first-order valence-electron chi connectivity index (χ1n) is 3.64. The van der Waals surface area contributed by atoms with Crippen molar-refractivity contribution < 1.29 is 14.4 Å². The van der Waals surface area contributed by atoms with Gasteiger partial charge in [-0.15, -0.1) is 0 Å². The minimum atomic E-state index is -0.399. The topological polar surface area (TPSA) is 49.7 Å². The SMILES string of the molecule is CC(=O)/C(=N\O)c1ccc(F)cc1. The number of carbonyl (C=O) groups is 1. The summed E-state index contributed by atoms with van der Waals surface area (Å²) in [6, 6.07) is 5.16. The fraction of sp³-hybridized carbons (Fsp3) is 0.111. The van der Waals surface area contributed by atoms with Gasteiger partial charge in [-0.1, -0.05) is 5.16 Å². The molecule has 0 atom stereocenters. The van der Waals surface area contributed by atoms with Crippen molar-refractivity contribution in [3.05, 3.63) is 35.6 Å². The highest BCUT2D eigenvalue weighted by Gasteiger charge is 2.09. The predicted molar refractivity (Wildman–Crippen MR) is 45.4 cm³/mol. The first-order valence-corrected chi connectivity index (χ1v) is 3.64. The summed E-state index contributed by atoms with van der Waals surface area (Å²) < 4.78 is 12.5. The number of nitrogens with zero attached hydrogens (tertiary/aromatic N) is 1. The standard InChI is InChI=1S/C9H8FNO2/c1-6(12)9(11-13)7-2-4-8(10)5-3-7/h2-5,13H,1H3/b11-9+. The summed E-state index contributed by atoms with van der Waals surface area (Å²) in [4.78, 5) is 10.9. The molecule has 68 valence electrons. The van der Waals surface area contributed by atoms with Gasteiger partial charge in [0.15, 0.2) is 11.5 Å². The van der Waals surface area contributed by atoms with E-state index in [1.165, 1.54) is 31.2 Å². The van der Waals surface area contributed by atoms with Gasteiger partial charge in [-0.3, -0.25) is 4.79 Å². The van der Waals surface area contributed by atoms with Gasteiger partial charge in [-0.2, -0.15) is 0 Å². The number of benzene rings is 1. The Morgan fingerprint density at radius 2 is 1.92 bits per heavy atom. The van der Waals surface area contributed by atoms with E-state index in [1.807, 2.05) is 0 Å². The Kier molecular flexibility index (Phi) is 2.74. The molecule has 0 amide bonds. The molecule has 0 heterocycles. The minimum absolute atomic E-state index is 0.0694. The first kappa shape index (κ1) is 9.38. The van der Waals surface area contributed by atoms with Crippen molar-refractivity contribution in [2.24, 2.45) is 5.16 Å². The van der Waals surface area contributed by atoms with Crippen LogP contribution in [0.5, 0.6) is 0 Å². The van der Waals surface area contributed by atoms with E-state index in [1.54, 1.807) is 0 Å². The van der Waals surface area contributed by atoms with Gasteiger partial charge in [0.2, 0.25) is 0 Å². The van der Waals surface area contributed by atoms with Crippen molar-refractivity contribution >= 4 is 11.5 Å². The van der Waals surface area contributed by atoms with Gasteiger partial charge >= 0.3 is 0 Å². The second kappa shape index (κ2) is 3.80. The van der Waals surface area contributed by atoms with Crippen LogP contribution in [0.4, 0.5) is 4.39 Å². The molecule has 1 aromatic carbocycles. The van der Waals surface area contributed by atoms with E-state index in [0.717, 1.165) is 0 Å². The van der Waals surface area contributed by atoms with E-state index in [2.05, 4.69) is 5.16 Å². The molecule has 0 fully saturated rings. The van der Waals surface area contributed by atoms with Crippen molar-refractivity contribution in [2.75, 3.05) is 0 Å². The fourth-order valence-electron chi connectivity index (χ4n) is 0.939. The molecule has 1 rings (SSSR count). The van der Waals surface area contributed by atoms with Crippen LogP contribution in [-0.4, -0.2) is 16.7 Å². The third-order valence-electron chi connectivity index (χ3n) is 1.55. The molecule has 3 nitrogen and oxygen atoms in total. The smallest absolute Gasteiger partial charge is 0.182 e. The molecule has 13 heavy (non-hydrogen) atoms. The lowest BCUT2D eigenvalue weighted by atomic mass is 10.1. The summed E-state index contributed by atoms with van der Waals surface area (Å²) >= 11 is 0. The van der Waals surface area contributed by atoms with Crippen molar-refractivity contribution in [1.82, 2.24) is 0 Å². The van der Waals surface area contributed by atoms with E-state index >= 15 is 0 Å². The lowest BCUT2D eigenvalue weighted by Crippen LogP contribution is -2.11. The van der Waals surface area contributed by atoms with E-state index in [0.29, 0.717) is 5.56 Å². The fourth-order valence-corrected chi connectivity index (χ4v) is 0.939. The predicted octanol–water partition coefficient (Wildman–Crippen LogP) is 1.59. The van der Waals surface area contributed by atoms with Crippen LogP contribution < -0.4 is 0 Å². The Bertz CT molecular complexity index is 343. The van der Waals surface area contributed by atoms with Gasteiger partial charge in [0.05, 0.1) is 0 Å². The molecule has 0 bridgehead atoms. The van der Waals surface area contributed by atoms with E-state index in [9.17, 15) is 9.18 Å². The van der Waals surface area contributed by atoms with Crippen LogP contribution in [0.2, 0.25) is 0 Å². The maximum Gasteiger partial charge on any atom is 0.182 e. The second-order valence-electron chi connectivity index (χ2n) is 2.51. The van der Waals surface area contributed by atoms with Gasteiger partial charge < -0.3 is 5.21 Å². The molecule has 0 unspecified atom stereocenters. The number of ketones is 1. The van der Waals surface area contributed by atoms with Crippen molar-refractivity contribution in [3.8, 4) is 0 Å². The molecule has 0 aromatic heterocycles. The Morgan fingerprint density at radius 3 is 2.31 bits per heavy atom. The van der Waals surface area contributed by atoms with Crippen LogP contribution in [0, 0.1) is 5.82 Å². The van der Waals surface area contributed by atoms with E-state index in [-0.39, 0.29) is 11.5 Å². The number of halogens is 1. The highest BCUT2D eigenvalue weighted by Crippen LogP contribution is 2.04. The molecular weight excluding hydrogens is 173 g/mol. The monoisotopic (exact) mass is 181 g/mol. The molecule has 0 radical (unpaired) electrons. The lowest BCUT2D eigenvalue weighted by Gasteiger charge is -1.98. The van der Waals surface area contributed by atoms with Crippen LogP contribution in [0.1, 0.15) is 12.5 Å². The zero-order valence-corrected chi connectivity index (χ0v) is 6.99. The molecule has 1 N–H and O–H groups in total. The molecule has 4 heteroatoms. The van der Waals surface area contributed by atoms with Gasteiger partial charge in [0, 0.05) is 12.5 Å². The maximum atomic E-state index is 12.5. The summed E-state index contributed by atoms with van der Waals surface area (Å²) in [7, 11) is 0. The summed E-state index contributed by atoms with van der Waals surface area (Å²) in [5.74, 6) is -0.765. The number of Topliss-reactive ketones (excluding diaryl/α,β-unsaturated/α-hetero) is 1. The highest BCUT2D eigenvalue weighted by molar-refractivity contribution is 6.45. The zero-order chi connectivity index (χ0) is 9.84. The van der Waals surface area contributed by atoms with Crippen LogP contribution in [0.15, 0.2) is 29.4 Å². The van der Waals surface area contributed by atoms with Gasteiger partial charge in [-0.05, 0) is 24.3 Å². The van der Waals surface area contributed by atoms with Crippen LogP contribution in [0.25, 0.3) is 0 Å². The van der Waals surface area contributed by atoms with Crippen molar-refractivity contribution in [2.45, 2.75) is 6.92 Å². The molecule has 0 saturated heterocycles. The maximum absolute atomic E-state index is 12.5. The molecule has 0 saturated carbocycles. The summed E-state index contributed by atoms with van der Waals surface area (Å²) in [5, 5.41) is 11.3. The Morgan fingerprint density at radius 1 is 1.38 bits per heavy atom. The number of hydrogen-bond donors (Lipinski definition) is 1. The molecule has 0 aliphatic carbocycles. The Hall–Kier alpha value is -1.71. The third kappa shape index (κ3) is 2.11. The molecular formula is C9H8FNO2. The largest absolute Gasteiger partial charge is 0.410 e. The lowest BCUT2D eigenvalue weighted by molar-refractivity contribution is -0.111. The van der Waals surface area contributed by atoms with Crippen LogP contribution in [-0.2, 0) is 4.79 Å². The average Bonchev–Trinajstić information content (AvgIpc) is 2.09. The molecule has 0 aliphatic heterocycles. The Labute approximate surface area is 74.5 Å². The van der Waals surface area contributed by atoms with Gasteiger partial charge in [0.25, 0.3) is 0 Å². The van der Waals surface area contributed by atoms with Gasteiger partial charge in [-0.25, -0.2) is 4.39 Å². The third-order valence-corrected chi connectivity index (χ3v) is 1.55. The molecule has 0 spiro atoms. The second-order valence-corrected chi connectivity index (χ2v) is 2.51. The number of carbonyl (C=O) groups excluding carboxylic acids is 1. The number of hydrogen-bond acceptors (Lipinski definition) is 3. The molecule has 1 aromatic rings. The van der Waals surface area contributed by atoms with E-state index < -0.39 is 5.82 Å². The van der Waals surface area contributed by atoms with Crippen LogP contribution >= 0.6 is 0 Å². The van der Waals surface area contributed by atoms with Crippen molar-refractivity contribution in [3.63, 3.8) is 0 Å². The summed E-state index contributed by atoms with van der Waals surface area (Å²) in [6.07, 6.45) is 0. The quantitative estimate of drug-likeness (QED) is 0.428. The molecule has 0 aliphatic rings. The zero-order valence-electron chi connectivity index (χ0n) is 6.99. The summed E-state index contributed by atoms with van der Waals surface area (Å²) in [5.41, 5.74) is 0.330. The highest BCUT2D eigenvalue weighted by atomic mass is 19.1. The summed E-state index contributed by atoms with van der Waals surface area (Å²) in [6.45, 7) is 1.28. The van der Waals surface area contributed by atoms with Gasteiger partial charge in [0.1, 0.15) is 5.82 Å². The normalized spacial score (nSPS) is 11.4. The van der Waals surface area contributed by atoms with E-state index in [4.69, 9.17) is 5.21 Å².